The van der Waals surface area contributed by atoms with E-state index >= 15 is 0 Å². The lowest BCUT2D eigenvalue weighted by atomic mass is 9.96. The molecule has 0 aliphatic heterocycles. The molecule has 0 aliphatic carbocycles. The number of methoxy groups -OCH3 is 1. The number of ether oxygens (including phenoxy) is 3. The van der Waals surface area contributed by atoms with E-state index in [1.165, 1.54) is 10.1 Å². The molecule has 0 fully saturated rings. The number of fused-ring (bicyclic) bond motifs is 1. The summed E-state index contributed by atoms with van der Waals surface area (Å²) in [6.07, 6.45) is 2.37. The molecule has 5 rings (SSSR count). The van der Waals surface area contributed by atoms with Crippen LogP contribution >= 0.6 is 11.3 Å². The zero-order chi connectivity index (χ0) is 27.0. The molecule has 1 N–H and O–H groups in total. The number of aromatic nitrogens is 5. The van der Waals surface area contributed by atoms with E-state index in [-0.39, 0.29) is 5.92 Å². The van der Waals surface area contributed by atoms with E-state index in [1.54, 1.807) is 24.6 Å². The minimum atomic E-state index is -0.0101. The molecule has 3 aromatic heterocycles. The first-order chi connectivity index (χ1) is 19.1. The van der Waals surface area contributed by atoms with Gasteiger partial charge in [0.1, 0.15) is 24.7 Å². The van der Waals surface area contributed by atoms with E-state index < -0.39 is 0 Å². The Kier molecular flexibility index (Phi) is 8.46. The minimum absolute atomic E-state index is 0.0101. The second-order valence-electron chi connectivity index (χ2n) is 8.99. The normalized spacial score (nSPS) is 11.7. The molecule has 3 heterocycles. The first-order valence-electron chi connectivity index (χ1n) is 12.6. The Morgan fingerprint density at radius 3 is 2.64 bits per heavy atom. The van der Waals surface area contributed by atoms with E-state index in [1.807, 2.05) is 37.3 Å². The van der Waals surface area contributed by atoms with Gasteiger partial charge in [-0.3, -0.25) is 4.98 Å². The molecule has 198 valence electrons. The third-order valence-electron chi connectivity index (χ3n) is 6.28. The van der Waals surface area contributed by atoms with Crippen LogP contribution in [0, 0.1) is 18.8 Å². The van der Waals surface area contributed by atoms with Crippen LogP contribution in [0.4, 0.5) is 0 Å². The van der Waals surface area contributed by atoms with Crippen molar-refractivity contribution in [2.24, 2.45) is 0 Å². The highest BCUT2D eigenvalue weighted by Crippen LogP contribution is 2.36. The van der Waals surface area contributed by atoms with Crippen LogP contribution in [0.25, 0.3) is 21.3 Å². The quantitative estimate of drug-likeness (QED) is 0.169. The summed E-state index contributed by atoms with van der Waals surface area (Å²) in [5.74, 6) is 8.42. The van der Waals surface area contributed by atoms with Crippen LogP contribution in [0.1, 0.15) is 35.4 Å². The van der Waals surface area contributed by atoms with Crippen molar-refractivity contribution in [2.45, 2.75) is 32.8 Å². The Morgan fingerprint density at radius 1 is 1.03 bits per heavy atom. The van der Waals surface area contributed by atoms with Gasteiger partial charge in [-0.2, -0.15) is 5.21 Å². The molecule has 0 saturated heterocycles. The van der Waals surface area contributed by atoms with Crippen molar-refractivity contribution in [1.29, 1.82) is 0 Å². The lowest BCUT2D eigenvalue weighted by Crippen LogP contribution is -2.04. The molecule has 39 heavy (non-hydrogen) atoms. The average molecular weight is 540 g/mol. The van der Waals surface area contributed by atoms with Gasteiger partial charge in [0.15, 0.2) is 5.82 Å². The maximum atomic E-state index is 6.14. The molecular weight excluding hydrogens is 510 g/mol. The average Bonchev–Trinajstić information content (AvgIpc) is 3.62. The number of nitrogens with zero attached hydrogens (tertiary/aromatic N) is 4. The predicted octanol–water partition coefficient (Wildman–Crippen LogP) is 5.74. The number of tetrazole rings is 1. The van der Waals surface area contributed by atoms with Crippen LogP contribution in [0.2, 0.25) is 0 Å². The fraction of sp³-hybridized carbons (Fsp3) is 0.267. The Labute approximate surface area is 231 Å². The lowest BCUT2D eigenvalue weighted by Gasteiger charge is -2.11. The Balaban J connectivity index is 1.28. The number of pyridine rings is 1. The molecule has 1 atom stereocenters. The summed E-state index contributed by atoms with van der Waals surface area (Å²) >= 11 is 1.72. The maximum absolute atomic E-state index is 6.14. The molecular formula is C30H29N5O3S. The van der Waals surface area contributed by atoms with E-state index in [9.17, 15) is 0 Å². The highest BCUT2D eigenvalue weighted by atomic mass is 32.1. The van der Waals surface area contributed by atoms with Crippen LogP contribution in [0.3, 0.4) is 0 Å². The Hall–Kier alpha value is -4.26. The van der Waals surface area contributed by atoms with Crippen molar-refractivity contribution in [1.82, 2.24) is 25.6 Å². The third-order valence-corrected chi connectivity index (χ3v) is 7.25. The fourth-order valence-electron chi connectivity index (χ4n) is 4.34. The SMILES string of the molecule is CC#CC(Cc1nn[nH]n1)c1ccc(OCc2ccc3scc(-c4ncc(OCCOC)cc4C)c3c2)cc1. The van der Waals surface area contributed by atoms with E-state index in [4.69, 9.17) is 19.2 Å². The monoisotopic (exact) mass is 539 g/mol. The predicted molar refractivity (Wildman–Crippen MR) is 152 cm³/mol. The highest BCUT2D eigenvalue weighted by molar-refractivity contribution is 7.17. The fourth-order valence-corrected chi connectivity index (χ4v) is 5.27. The van der Waals surface area contributed by atoms with Crippen LogP contribution in [0.5, 0.6) is 11.5 Å². The van der Waals surface area contributed by atoms with Crippen molar-refractivity contribution in [3.05, 3.63) is 82.6 Å². The minimum Gasteiger partial charge on any atom is -0.490 e. The van der Waals surface area contributed by atoms with E-state index in [2.05, 4.69) is 63.0 Å². The second-order valence-corrected chi connectivity index (χ2v) is 9.91. The molecule has 0 saturated carbocycles. The summed E-state index contributed by atoms with van der Waals surface area (Å²) in [6.45, 7) is 5.40. The molecule has 0 aliphatic rings. The molecule has 5 aromatic rings. The number of rotatable bonds is 11. The number of hydrogen-bond donors (Lipinski definition) is 1. The van der Waals surface area contributed by atoms with Gasteiger partial charge in [0.25, 0.3) is 0 Å². The summed E-state index contributed by atoms with van der Waals surface area (Å²) in [7, 11) is 1.66. The smallest absolute Gasteiger partial charge is 0.176 e. The molecule has 0 amide bonds. The summed E-state index contributed by atoms with van der Waals surface area (Å²) in [6, 6.07) is 16.5. The van der Waals surface area contributed by atoms with E-state index in [0.717, 1.165) is 39.4 Å². The van der Waals surface area contributed by atoms with E-state index in [0.29, 0.717) is 32.1 Å². The molecule has 9 heteroatoms. The van der Waals surface area contributed by atoms with Crippen LogP contribution < -0.4 is 9.47 Å². The van der Waals surface area contributed by atoms with Gasteiger partial charge in [0.2, 0.25) is 0 Å². The van der Waals surface area contributed by atoms with Crippen LogP contribution in [0.15, 0.2) is 60.1 Å². The van der Waals surface area contributed by atoms with Crippen molar-refractivity contribution in [2.75, 3.05) is 20.3 Å². The summed E-state index contributed by atoms with van der Waals surface area (Å²) in [5.41, 5.74) is 5.32. The summed E-state index contributed by atoms with van der Waals surface area (Å²) in [5, 5.41) is 17.6. The zero-order valence-electron chi connectivity index (χ0n) is 22.1. The van der Waals surface area contributed by atoms with Crippen molar-refractivity contribution in [3.63, 3.8) is 0 Å². The molecule has 2 aromatic carbocycles. The van der Waals surface area contributed by atoms with Crippen molar-refractivity contribution < 1.29 is 14.2 Å². The van der Waals surface area contributed by atoms with Gasteiger partial charge in [-0.15, -0.1) is 27.5 Å². The number of aryl methyl sites for hydroxylation is 1. The van der Waals surface area contributed by atoms with Crippen molar-refractivity contribution >= 4 is 21.4 Å². The molecule has 0 spiro atoms. The van der Waals surface area contributed by atoms with Gasteiger partial charge in [0, 0.05) is 34.6 Å². The topological polar surface area (TPSA) is 95.0 Å². The van der Waals surface area contributed by atoms with Gasteiger partial charge in [-0.05, 0) is 60.9 Å². The Morgan fingerprint density at radius 2 is 1.90 bits per heavy atom. The zero-order valence-corrected chi connectivity index (χ0v) is 22.9. The largest absolute Gasteiger partial charge is 0.490 e. The third kappa shape index (κ3) is 6.42. The number of aromatic amines is 1. The van der Waals surface area contributed by atoms with Gasteiger partial charge < -0.3 is 14.2 Å². The second kappa shape index (κ2) is 12.5. The molecule has 1 unspecified atom stereocenters. The summed E-state index contributed by atoms with van der Waals surface area (Å²) < 4.78 is 18.1. The Bertz CT molecular complexity index is 1590. The van der Waals surface area contributed by atoms with Gasteiger partial charge in [-0.1, -0.05) is 29.3 Å². The molecule has 0 radical (unpaired) electrons. The van der Waals surface area contributed by atoms with Gasteiger partial charge >= 0.3 is 0 Å². The van der Waals surface area contributed by atoms with Crippen LogP contribution in [-0.4, -0.2) is 45.9 Å². The van der Waals surface area contributed by atoms with Gasteiger partial charge in [-0.25, -0.2) is 0 Å². The number of hydrogen-bond acceptors (Lipinski definition) is 8. The first kappa shape index (κ1) is 26.4. The number of nitrogens with one attached hydrogen (secondary N) is 1. The maximum Gasteiger partial charge on any atom is 0.176 e. The number of H-pyrrole nitrogens is 1. The van der Waals surface area contributed by atoms with Gasteiger partial charge in [0.05, 0.1) is 24.4 Å². The first-order valence-corrected chi connectivity index (χ1v) is 13.5. The van der Waals surface area contributed by atoms with Crippen molar-refractivity contribution in [3.8, 4) is 34.6 Å². The number of thiophene rings is 1. The molecule has 0 bridgehead atoms. The lowest BCUT2D eigenvalue weighted by molar-refractivity contribution is 0.146. The standard InChI is InChI=1S/C30H29N5O3S/c1-4-5-23(16-29-32-34-35-33-29)22-7-9-24(10-8-22)38-18-21-6-11-28-26(15-21)27(19-39-28)30-20(2)14-25(17-31-30)37-13-12-36-3/h6-11,14-15,17,19,23H,12-13,16,18H2,1-3H3,(H,32,33,34,35). The van der Waals surface area contributed by atoms with Crippen LogP contribution in [-0.2, 0) is 17.8 Å². The summed E-state index contributed by atoms with van der Waals surface area (Å²) in [4.78, 5) is 4.72. The number of benzene rings is 2. The highest BCUT2D eigenvalue weighted by Gasteiger charge is 2.14. The molecule has 8 nitrogen and oxygen atoms in total.